The van der Waals surface area contributed by atoms with Gasteiger partial charge in [-0.2, -0.15) is 0 Å². The van der Waals surface area contributed by atoms with Crippen molar-refractivity contribution in [1.29, 1.82) is 0 Å². The fourth-order valence-electron chi connectivity index (χ4n) is 2.46. The monoisotopic (exact) mass is 305 g/mol. The molecule has 0 atom stereocenters. The van der Waals surface area contributed by atoms with Crippen LogP contribution in [0.25, 0.3) is 10.8 Å². The van der Waals surface area contributed by atoms with Crippen LogP contribution >= 0.6 is 0 Å². The van der Waals surface area contributed by atoms with Crippen LogP contribution in [0.2, 0.25) is 0 Å². The summed E-state index contributed by atoms with van der Waals surface area (Å²) in [5, 5.41) is 5.19. The Hall–Kier alpha value is -2.81. The van der Waals surface area contributed by atoms with E-state index in [-0.39, 0.29) is 5.91 Å². The minimum Gasteiger partial charge on any atom is -0.493 e. The Balaban J connectivity index is 1.55. The summed E-state index contributed by atoms with van der Waals surface area (Å²) < 4.78 is 5.65. The zero-order valence-electron chi connectivity index (χ0n) is 13.1. The van der Waals surface area contributed by atoms with Gasteiger partial charge in [-0.15, -0.1) is 0 Å². The zero-order valence-corrected chi connectivity index (χ0v) is 13.1. The Kier molecular flexibility index (Phi) is 4.57. The van der Waals surface area contributed by atoms with E-state index < -0.39 is 0 Å². The summed E-state index contributed by atoms with van der Waals surface area (Å²) in [6.07, 6.45) is 0.321. The van der Waals surface area contributed by atoms with E-state index in [1.54, 1.807) is 0 Å². The SMILES string of the molecule is Cc1ccccc1OCCC(=O)Nc1ccc2ccccc2c1. The lowest BCUT2D eigenvalue weighted by Gasteiger charge is -2.09. The van der Waals surface area contributed by atoms with Crippen molar-refractivity contribution in [3.8, 4) is 5.75 Å². The number of hydrogen-bond donors (Lipinski definition) is 1. The molecule has 3 rings (SSSR count). The van der Waals surface area contributed by atoms with Gasteiger partial charge in [0.05, 0.1) is 13.0 Å². The Morgan fingerprint density at radius 1 is 0.957 bits per heavy atom. The first-order chi connectivity index (χ1) is 11.2. The molecule has 1 N–H and O–H groups in total. The van der Waals surface area contributed by atoms with Gasteiger partial charge in [-0.25, -0.2) is 0 Å². The van der Waals surface area contributed by atoms with Gasteiger partial charge in [-0.1, -0.05) is 48.5 Å². The average Bonchev–Trinajstić information content (AvgIpc) is 2.56. The number of hydrogen-bond acceptors (Lipinski definition) is 2. The maximum Gasteiger partial charge on any atom is 0.227 e. The predicted molar refractivity (Wildman–Crippen MR) is 93.9 cm³/mol. The van der Waals surface area contributed by atoms with Gasteiger partial charge in [0, 0.05) is 5.69 Å². The van der Waals surface area contributed by atoms with Gasteiger partial charge in [0.1, 0.15) is 5.75 Å². The predicted octanol–water partition coefficient (Wildman–Crippen LogP) is 4.56. The highest BCUT2D eigenvalue weighted by Gasteiger charge is 2.05. The van der Waals surface area contributed by atoms with E-state index in [1.165, 1.54) is 0 Å². The van der Waals surface area contributed by atoms with Crippen molar-refractivity contribution in [2.24, 2.45) is 0 Å². The van der Waals surface area contributed by atoms with Gasteiger partial charge in [-0.3, -0.25) is 4.79 Å². The molecule has 0 saturated carbocycles. The number of carbonyl (C=O) groups excluding carboxylic acids is 1. The lowest BCUT2D eigenvalue weighted by Crippen LogP contribution is -2.15. The molecule has 0 fully saturated rings. The fraction of sp³-hybridized carbons (Fsp3) is 0.150. The van der Waals surface area contributed by atoms with Gasteiger partial charge in [0.2, 0.25) is 5.91 Å². The molecule has 116 valence electrons. The molecule has 3 aromatic rings. The second kappa shape index (κ2) is 6.97. The van der Waals surface area contributed by atoms with E-state index in [1.807, 2.05) is 67.6 Å². The van der Waals surface area contributed by atoms with Crippen molar-refractivity contribution >= 4 is 22.4 Å². The maximum absolute atomic E-state index is 12.0. The fourth-order valence-corrected chi connectivity index (χ4v) is 2.46. The molecule has 0 bridgehead atoms. The van der Waals surface area contributed by atoms with Gasteiger partial charge >= 0.3 is 0 Å². The highest BCUT2D eigenvalue weighted by Crippen LogP contribution is 2.19. The number of ether oxygens (including phenoxy) is 1. The maximum atomic E-state index is 12.0. The summed E-state index contributed by atoms with van der Waals surface area (Å²) in [5.74, 6) is 0.778. The van der Waals surface area contributed by atoms with Crippen LogP contribution in [0, 0.1) is 6.92 Å². The number of nitrogens with one attached hydrogen (secondary N) is 1. The molecule has 0 aliphatic rings. The molecule has 0 spiro atoms. The van der Waals surface area contributed by atoms with Crippen molar-refractivity contribution in [3.05, 3.63) is 72.3 Å². The molecule has 1 amide bonds. The van der Waals surface area contributed by atoms with Crippen molar-refractivity contribution in [2.45, 2.75) is 13.3 Å². The van der Waals surface area contributed by atoms with E-state index in [9.17, 15) is 4.79 Å². The number of carbonyl (C=O) groups is 1. The largest absolute Gasteiger partial charge is 0.493 e. The molecule has 3 heteroatoms. The van der Waals surface area contributed by atoms with Crippen LogP contribution in [-0.4, -0.2) is 12.5 Å². The first-order valence-electron chi connectivity index (χ1n) is 7.69. The minimum atomic E-state index is -0.0473. The van der Waals surface area contributed by atoms with E-state index in [2.05, 4.69) is 11.4 Å². The third kappa shape index (κ3) is 3.89. The lowest BCUT2D eigenvalue weighted by molar-refractivity contribution is -0.116. The first kappa shape index (κ1) is 15.1. The minimum absolute atomic E-state index is 0.0473. The molecule has 0 radical (unpaired) electrons. The van der Waals surface area contributed by atoms with Crippen LogP contribution in [-0.2, 0) is 4.79 Å². The second-order valence-corrected chi connectivity index (χ2v) is 5.47. The summed E-state index contributed by atoms with van der Waals surface area (Å²) in [6.45, 7) is 2.36. The van der Waals surface area contributed by atoms with Crippen LogP contribution in [0.5, 0.6) is 5.75 Å². The standard InChI is InChI=1S/C20H19NO2/c1-15-6-2-5-9-19(15)23-13-12-20(22)21-18-11-10-16-7-3-4-8-17(16)14-18/h2-11,14H,12-13H2,1H3,(H,21,22). The molecule has 0 unspecified atom stereocenters. The van der Waals surface area contributed by atoms with Crippen LogP contribution in [0.3, 0.4) is 0 Å². The molecular formula is C20H19NO2. The number of rotatable bonds is 5. The highest BCUT2D eigenvalue weighted by atomic mass is 16.5. The molecule has 0 saturated heterocycles. The highest BCUT2D eigenvalue weighted by molar-refractivity contribution is 5.94. The number of fused-ring (bicyclic) bond motifs is 1. The molecular weight excluding hydrogens is 286 g/mol. The summed E-state index contributed by atoms with van der Waals surface area (Å²) in [6, 6.07) is 21.8. The molecule has 23 heavy (non-hydrogen) atoms. The second-order valence-electron chi connectivity index (χ2n) is 5.47. The first-order valence-corrected chi connectivity index (χ1v) is 7.69. The van der Waals surface area contributed by atoms with E-state index in [0.717, 1.165) is 27.8 Å². The average molecular weight is 305 g/mol. The smallest absolute Gasteiger partial charge is 0.227 e. The number of anilines is 1. The van der Waals surface area contributed by atoms with E-state index >= 15 is 0 Å². The summed E-state index contributed by atoms with van der Waals surface area (Å²) in [4.78, 5) is 12.0. The third-order valence-electron chi connectivity index (χ3n) is 3.71. The normalized spacial score (nSPS) is 10.5. The van der Waals surface area contributed by atoms with Crippen molar-refractivity contribution in [1.82, 2.24) is 0 Å². The Morgan fingerprint density at radius 3 is 2.52 bits per heavy atom. The summed E-state index contributed by atoms with van der Waals surface area (Å²) in [7, 11) is 0. The number of aryl methyl sites for hydroxylation is 1. The van der Waals surface area contributed by atoms with Gasteiger partial charge in [-0.05, 0) is 41.5 Å². The van der Waals surface area contributed by atoms with Gasteiger partial charge < -0.3 is 10.1 Å². The van der Waals surface area contributed by atoms with Crippen LogP contribution in [0.4, 0.5) is 5.69 Å². The van der Waals surface area contributed by atoms with Gasteiger partial charge in [0.25, 0.3) is 0 Å². The zero-order chi connectivity index (χ0) is 16.1. The van der Waals surface area contributed by atoms with Crippen molar-refractivity contribution in [3.63, 3.8) is 0 Å². The molecule has 3 aromatic carbocycles. The molecule has 0 aliphatic heterocycles. The summed E-state index contributed by atoms with van der Waals surface area (Å²) >= 11 is 0. The molecule has 0 aliphatic carbocycles. The van der Waals surface area contributed by atoms with Crippen LogP contribution in [0.15, 0.2) is 66.7 Å². The van der Waals surface area contributed by atoms with E-state index in [0.29, 0.717) is 13.0 Å². The van der Waals surface area contributed by atoms with Crippen LogP contribution in [0.1, 0.15) is 12.0 Å². The number of amides is 1. The van der Waals surface area contributed by atoms with Crippen molar-refractivity contribution in [2.75, 3.05) is 11.9 Å². The van der Waals surface area contributed by atoms with Crippen molar-refractivity contribution < 1.29 is 9.53 Å². The third-order valence-corrected chi connectivity index (χ3v) is 3.71. The van der Waals surface area contributed by atoms with Gasteiger partial charge in [0.15, 0.2) is 0 Å². The van der Waals surface area contributed by atoms with Crippen LogP contribution < -0.4 is 10.1 Å². The molecule has 0 aromatic heterocycles. The molecule has 0 heterocycles. The molecule has 3 nitrogen and oxygen atoms in total. The number of benzene rings is 3. The summed E-state index contributed by atoms with van der Waals surface area (Å²) in [5.41, 5.74) is 1.88. The topological polar surface area (TPSA) is 38.3 Å². The Morgan fingerprint density at radius 2 is 1.70 bits per heavy atom. The Labute approximate surface area is 135 Å². The number of para-hydroxylation sites is 1. The lowest BCUT2D eigenvalue weighted by atomic mass is 10.1. The Bertz CT molecular complexity index is 826. The van der Waals surface area contributed by atoms with E-state index in [4.69, 9.17) is 4.74 Å². The quantitative estimate of drug-likeness (QED) is 0.750.